The van der Waals surface area contributed by atoms with E-state index < -0.39 is 6.04 Å². The second-order valence-electron chi connectivity index (χ2n) is 6.41. The van der Waals surface area contributed by atoms with Crippen LogP contribution in [0.3, 0.4) is 0 Å². The lowest BCUT2D eigenvalue weighted by atomic mass is 9.84. The average Bonchev–Trinajstić information content (AvgIpc) is 2.82. The Hall–Kier alpha value is -1.10. The normalized spacial score (nSPS) is 21.3. The molecular formula is C14H26N2O3. The van der Waals surface area contributed by atoms with Gasteiger partial charge in [0.05, 0.1) is 13.0 Å². The molecule has 1 aliphatic heterocycles. The fraction of sp³-hybridized carbons (Fsp3) is 0.857. The molecule has 19 heavy (non-hydrogen) atoms. The number of rotatable bonds is 4. The molecule has 110 valence electrons. The van der Waals surface area contributed by atoms with Crippen molar-refractivity contribution >= 4 is 11.9 Å². The van der Waals surface area contributed by atoms with Gasteiger partial charge in [0.2, 0.25) is 5.91 Å². The van der Waals surface area contributed by atoms with Crippen LogP contribution in [0.15, 0.2) is 0 Å². The molecule has 1 fully saturated rings. The predicted molar refractivity (Wildman–Crippen MR) is 73.4 cm³/mol. The largest absolute Gasteiger partial charge is 0.467 e. The van der Waals surface area contributed by atoms with E-state index in [-0.39, 0.29) is 23.2 Å². The van der Waals surface area contributed by atoms with Crippen molar-refractivity contribution in [2.45, 2.75) is 46.1 Å². The molecule has 0 aromatic carbocycles. The van der Waals surface area contributed by atoms with Crippen molar-refractivity contribution in [3.63, 3.8) is 0 Å². The molecular weight excluding hydrogens is 244 g/mol. The van der Waals surface area contributed by atoms with E-state index in [1.807, 2.05) is 0 Å². The number of carbonyl (C=O) groups excluding carboxylic acids is 2. The topological polar surface area (TPSA) is 72.6 Å². The Kier molecular flexibility index (Phi) is 5.35. The first-order chi connectivity index (χ1) is 8.80. The fourth-order valence-corrected chi connectivity index (χ4v) is 2.66. The summed E-state index contributed by atoms with van der Waals surface area (Å²) in [5.74, 6) is -0.548. The molecule has 0 aromatic heterocycles. The summed E-state index contributed by atoms with van der Waals surface area (Å²) in [6, 6.07) is -0.425. The van der Waals surface area contributed by atoms with Crippen molar-refractivity contribution in [2.24, 2.45) is 17.1 Å². The monoisotopic (exact) mass is 270 g/mol. The van der Waals surface area contributed by atoms with Gasteiger partial charge in [-0.2, -0.15) is 0 Å². The number of nitrogens with two attached hydrogens (primary N) is 1. The van der Waals surface area contributed by atoms with Gasteiger partial charge in [-0.05, 0) is 24.7 Å². The lowest BCUT2D eigenvalue weighted by molar-refractivity contribution is -0.152. The Morgan fingerprint density at radius 1 is 1.42 bits per heavy atom. The van der Waals surface area contributed by atoms with Crippen LogP contribution in [0, 0.1) is 11.3 Å². The molecule has 1 heterocycles. The van der Waals surface area contributed by atoms with E-state index in [4.69, 9.17) is 10.5 Å². The number of esters is 1. The fourth-order valence-electron chi connectivity index (χ4n) is 2.66. The number of methoxy groups -OCH3 is 1. The molecule has 0 bridgehead atoms. The molecule has 2 unspecified atom stereocenters. The van der Waals surface area contributed by atoms with Crippen molar-refractivity contribution in [3.05, 3.63) is 0 Å². The molecule has 0 saturated carbocycles. The molecule has 5 heteroatoms. The number of nitrogens with zero attached hydrogens (tertiary/aromatic N) is 1. The molecule has 1 amide bonds. The number of carbonyl (C=O) groups is 2. The van der Waals surface area contributed by atoms with Crippen molar-refractivity contribution in [3.8, 4) is 0 Å². The molecule has 1 rings (SSSR count). The van der Waals surface area contributed by atoms with Crippen LogP contribution in [0.4, 0.5) is 0 Å². The van der Waals surface area contributed by atoms with Crippen molar-refractivity contribution < 1.29 is 14.3 Å². The molecule has 0 aliphatic carbocycles. The highest BCUT2D eigenvalue weighted by atomic mass is 16.5. The highest BCUT2D eigenvalue weighted by molar-refractivity contribution is 5.86. The van der Waals surface area contributed by atoms with E-state index in [2.05, 4.69) is 20.8 Å². The Morgan fingerprint density at radius 2 is 2.05 bits per heavy atom. The maximum Gasteiger partial charge on any atom is 0.328 e. The van der Waals surface area contributed by atoms with E-state index in [0.717, 1.165) is 12.8 Å². The van der Waals surface area contributed by atoms with Gasteiger partial charge in [-0.25, -0.2) is 4.79 Å². The molecule has 5 nitrogen and oxygen atoms in total. The van der Waals surface area contributed by atoms with Gasteiger partial charge in [-0.15, -0.1) is 0 Å². The Balaban J connectivity index is 2.76. The summed E-state index contributed by atoms with van der Waals surface area (Å²) < 4.78 is 4.76. The minimum atomic E-state index is -0.425. The van der Waals surface area contributed by atoms with Gasteiger partial charge < -0.3 is 15.4 Å². The van der Waals surface area contributed by atoms with E-state index in [0.29, 0.717) is 19.5 Å². The van der Waals surface area contributed by atoms with E-state index in [9.17, 15) is 9.59 Å². The zero-order chi connectivity index (χ0) is 14.6. The van der Waals surface area contributed by atoms with E-state index >= 15 is 0 Å². The average molecular weight is 270 g/mol. The standard InChI is InChI=1S/C14H26N2O3/c1-14(2,3)8-10(9-15)12(17)16-7-5-6-11(16)13(18)19-4/h10-11H,5-9,15H2,1-4H3. The van der Waals surface area contributed by atoms with Crippen LogP contribution >= 0.6 is 0 Å². The minimum absolute atomic E-state index is 0.00896. The summed E-state index contributed by atoms with van der Waals surface area (Å²) in [5, 5.41) is 0. The van der Waals surface area contributed by atoms with Crippen LogP contribution in [0.1, 0.15) is 40.0 Å². The first kappa shape index (κ1) is 16.0. The smallest absolute Gasteiger partial charge is 0.328 e. The first-order valence-corrected chi connectivity index (χ1v) is 6.88. The number of likely N-dealkylation sites (tertiary alicyclic amines) is 1. The van der Waals surface area contributed by atoms with Crippen molar-refractivity contribution in [1.29, 1.82) is 0 Å². The highest BCUT2D eigenvalue weighted by Crippen LogP contribution is 2.28. The zero-order valence-corrected chi connectivity index (χ0v) is 12.4. The Bertz CT molecular complexity index is 336. The lowest BCUT2D eigenvalue weighted by Crippen LogP contribution is -2.46. The molecule has 2 atom stereocenters. The molecule has 1 aliphatic rings. The van der Waals surface area contributed by atoms with Crippen LogP contribution in [-0.2, 0) is 14.3 Å². The molecule has 0 radical (unpaired) electrons. The third-order valence-corrected chi connectivity index (χ3v) is 3.50. The number of hydrogen-bond donors (Lipinski definition) is 1. The van der Waals surface area contributed by atoms with Gasteiger partial charge in [-0.1, -0.05) is 20.8 Å². The van der Waals surface area contributed by atoms with E-state index in [1.54, 1.807) is 4.90 Å². The molecule has 0 spiro atoms. The lowest BCUT2D eigenvalue weighted by Gasteiger charge is -2.30. The molecule has 1 saturated heterocycles. The summed E-state index contributed by atoms with van der Waals surface area (Å²) in [5.41, 5.74) is 5.78. The second-order valence-corrected chi connectivity index (χ2v) is 6.41. The zero-order valence-electron chi connectivity index (χ0n) is 12.4. The van der Waals surface area contributed by atoms with Crippen LogP contribution in [0.2, 0.25) is 0 Å². The summed E-state index contributed by atoms with van der Waals surface area (Å²) in [6.45, 7) is 7.21. The number of hydrogen-bond acceptors (Lipinski definition) is 4. The Labute approximate surface area is 115 Å². The van der Waals surface area contributed by atoms with Crippen LogP contribution in [-0.4, -0.2) is 43.0 Å². The predicted octanol–water partition coefficient (Wildman–Crippen LogP) is 1.16. The first-order valence-electron chi connectivity index (χ1n) is 6.88. The van der Waals surface area contributed by atoms with Crippen LogP contribution in [0.25, 0.3) is 0 Å². The minimum Gasteiger partial charge on any atom is -0.467 e. The van der Waals surface area contributed by atoms with Crippen LogP contribution < -0.4 is 5.73 Å². The third-order valence-electron chi connectivity index (χ3n) is 3.50. The summed E-state index contributed by atoms with van der Waals surface area (Å²) in [6.07, 6.45) is 2.26. The van der Waals surface area contributed by atoms with Gasteiger partial charge in [0.15, 0.2) is 0 Å². The summed E-state index contributed by atoms with van der Waals surface area (Å²) in [4.78, 5) is 25.8. The number of amides is 1. The van der Waals surface area contributed by atoms with Gasteiger partial charge in [0, 0.05) is 13.1 Å². The van der Waals surface area contributed by atoms with Gasteiger partial charge in [-0.3, -0.25) is 4.79 Å². The number of ether oxygens (including phenoxy) is 1. The summed E-state index contributed by atoms with van der Waals surface area (Å²) >= 11 is 0. The molecule has 0 aromatic rings. The quantitative estimate of drug-likeness (QED) is 0.778. The van der Waals surface area contributed by atoms with Crippen molar-refractivity contribution in [1.82, 2.24) is 4.90 Å². The summed E-state index contributed by atoms with van der Waals surface area (Å²) in [7, 11) is 1.36. The van der Waals surface area contributed by atoms with Gasteiger partial charge in [0.25, 0.3) is 0 Å². The second kappa shape index (κ2) is 6.37. The van der Waals surface area contributed by atoms with Crippen LogP contribution in [0.5, 0.6) is 0 Å². The van der Waals surface area contributed by atoms with Crippen molar-refractivity contribution in [2.75, 3.05) is 20.2 Å². The maximum atomic E-state index is 12.5. The molecule has 2 N–H and O–H groups in total. The maximum absolute atomic E-state index is 12.5. The van der Waals surface area contributed by atoms with E-state index in [1.165, 1.54) is 7.11 Å². The Morgan fingerprint density at radius 3 is 2.53 bits per heavy atom. The van der Waals surface area contributed by atoms with Gasteiger partial charge >= 0.3 is 5.97 Å². The third kappa shape index (κ3) is 4.20. The highest BCUT2D eigenvalue weighted by Gasteiger charge is 2.38. The SMILES string of the molecule is COC(=O)C1CCCN1C(=O)C(CN)CC(C)(C)C. The van der Waals surface area contributed by atoms with Gasteiger partial charge in [0.1, 0.15) is 6.04 Å².